The van der Waals surface area contributed by atoms with Gasteiger partial charge in [-0.2, -0.15) is 0 Å². The van der Waals surface area contributed by atoms with Crippen molar-refractivity contribution in [3.63, 3.8) is 0 Å². The maximum absolute atomic E-state index is 12.0. The van der Waals surface area contributed by atoms with Gasteiger partial charge < -0.3 is 24.7 Å². The van der Waals surface area contributed by atoms with E-state index in [1.807, 2.05) is 49.5 Å². The molecule has 2 N–H and O–H groups in total. The third kappa shape index (κ3) is 7.37. The minimum absolute atomic E-state index is 0.275. The predicted octanol–water partition coefficient (Wildman–Crippen LogP) is 3.78. The topological polar surface area (TPSA) is 83.3 Å². The van der Waals surface area contributed by atoms with E-state index in [9.17, 15) is 4.79 Å². The van der Waals surface area contributed by atoms with Crippen molar-refractivity contribution in [3.05, 3.63) is 78.5 Å². The molecule has 0 bridgehead atoms. The van der Waals surface area contributed by atoms with Crippen LogP contribution >= 0.6 is 0 Å². The SMILES string of the molecule is C=CC=CCC=CC=CC=C(C)C1Oc2cc(OCCN3CCOCC3)c(C(N)=O)cc2O1. The van der Waals surface area contributed by atoms with Crippen LogP contribution in [0.25, 0.3) is 0 Å². The number of allylic oxidation sites excluding steroid dienone is 8. The Morgan fingerprint density at radius 1 is 1.15 bits per heavy atom. The number of benzene rings is 1. The first-order chi connectivity index (χ1) is 16.1. The van der Waals surface area contributed by atoms with Gasteiger partial charge in [0, 0.05) is 37.3 Å². The molecule has 0 radical (unpaired) electrons. The molecule has 1 atom stereocenters. The van der Waals surface area contributed by atoms with E-state index in [4.69, 9.17) is 24.7 Å². The minimum Gasteiger partial charge on any atom is -0.491 e. The molecule has 1 aromatic rings. The molecule has 2 aliphatic rings. The van der Waals surface area contributed by atoms with E-state index in [0.29, 0.717) is 23.9 Å². The van der Waals surface area contributed by atoms with Gasteiger partial charge in [0.25, 0.3) is 12.2 Å². The molecular weight excluding hydrogens is 420 g/mol. The van der Waals surface area contributed by atoms with Crippen molar-refractivity contribution < 1.29 is 23.7 Å². The summed E-state index contributed by atoms with van der Waals surface area (Å²) in [4.78, 5) is 14.2. The molecule has 176 valence electrons. The molecule has 33 heavy (non-hydrogen) atoms. The first-order valence-corrected chi connectivity index (χ1v) is 11.1. The summed E-state index contributed by atoms with van der Waals surface area (Å²) in [6.45, 7) is 9.93. The molecule has 1 saturated heterocycles. The Labute approximate surface area is 195 Å². The summed E-state index contributed by atoms with van der Waals surface area (Å²) in [6.07, 6.45) is 15.8. The third-order valence-electron chi connectivity index (χ3n) is 5.18. The van der Waals surface area contributed by atoms with Gasteiger partial charge in [-0.15, -0.1) is 0 Å². The highest BCUT2D eigenvalue weighted by Crippen LogP contribution is 2.41. The fourth-order valence-corrected chi connectivity index (χ4v) is 3.35. The lowest BCUT2D eigenvalue weighted by Crippen LogP contribution is -2.38. The standard InChI is InChI=1S/C26H32N2O5/c1-3-4-5-6-7-8-9-10-11-20(2)26-32-23-18-21(25(27)29)22(19-24(23)33-26)31-17-14-28-12-15-30-16-13-28/h3-5,7-11,18-19,26H,1,6,12-17H2,2H3,(H2,27,29). The van der Waals surface area contributed by atoms with Gasteiger partial charge in [-0.05, 0) is 13.3 Å². The van der Waals surface area contributed by atoms with Crippen LogP contribution in [0.1, 0.15) is 23.7 Å². The van der Waals surface area contributed by atoms with E-state index < -0.39 is 12.2 Å². The second-order valence-electron chi connectivity index (χ2n) is 7.65. The zero-order valence-electron chi connectivity index (χ0n) is 19.1. The van der Waals surface area contributed by atoms with E-state index in [-0.39, 0.29) is 5.56 Å². The zero-order chi connectivity index (χ0) is 23.5. The van der Waals surface area contributed by atoms with Gasteiger partial charge in [-0.3, -0.25) is 9.69 Å². The predicted molar refractivity (Wildman–Crippen MR) is 129 cm³/mol. The number of amides is 1. The fourth-order valence-electron chi connectivity index (χ4n) is 3.35. The maximum atomic E-state index is 12.0. The number of nitrogens with two attached hydrogens (primary N) is 1. The number of hydrogen-bond acceptors (Lipinski definition) is 6. The number of carbonyl (C=O) groups is 1. The summed E-state index contributed by atoms with van der Waals surface area (Å²) in [6, 6.07) is 3.27. The van der Waals surface area contributed by atoms with Crippen LogP contribution < -0.4 is 19.9 Å². The van der Waals surface area contributed by atoms with Gasteiger partial charge in [0.15, 0.2) is 11.5 Å². The molecule has 1 amide bonds. The number of hydrogen-bond donors (Lipinski definition) is 1. The van der Waals surface area contributed by atoms with Crippen LogP contribution in [0, 0.1) is 0 Å². The van der Waals surface area contributed by atoms with Crippen molar-refractivity contribution in [2.75, 3.05) is 39.5 Å². The van der Waals surface area contributed by atoms with Crippen molar-refractivity contribution in [1.82, 2.24) is 4.90 Å². The van der Waals surface area contributed by atoms with Crippen LogP contribution in [0.15, 0.2) is 72.9 Å². The lowest BCUT2D eigenvalue weighted by atomic mass is 10.1. The first-order valence-electron chi connectivity index (χ1n) is 11.1. The van der Waals surface area contributed by atoms with Crippen molar-refractivity contribution in [3.8, 4) is 17.2 Å². The normalized spacial score (nSPS) is 19.1. The van der Waals surface area contributed by atoms with Crippen LogP contribution in [0.4, 0.5) is 0 Å². The van der Waals surface area contributed by atoms with Gasteiger partial charge >= 0.3 is 0 Å². The summed E-state index contributed by atoms with van der Waals surface area (Å²) < 4.78 is 23.1. The molecule has 0 spiro atoms. The van der Waals surface area contributed by atoms with Gasteiger partial charge in [0.05, 0.1) is 18.8 Å². The maximum Gasteiger partial charge on any atom is 0.263 e. The molecule has 0 aliphatic carbocycles. The molecule has 1 aromatic carbocycles. The van der Waals surface area contributed by atoms with Crippen molar-refractivity contribution in [2.45, 2.75) is 19.6 Å². The smallest absolute Gasteiger partial charge is 0.263 e. The average molecular weight is 453 g/mol. The number of rotatable bonds is 11. The Hall–Kier alpha value is -3.29. The second-order valence-corrected chi connectivity index (χ2v) is 7.65. The Morgan fingerprint density at radius 3 is 2.61 bits per heavy atom. The van der Waals surface area contributed by atoms with Crippen molar-refractivity contribution >= 4 is 5.91 Å². The molecule has 3 rings (SSSR count). The number of ether oxygens (including phenoxy) is 4. The highest BCUT2D eigenvalue weighted by atomic mass is 16.7. The van der Waals surface area contributed by atoms with Crippen LogP contribution in [0.5, 0.6) is 17.2 Å². The van der Waals surface area contributed by atoms with E-state index in [0.717, 1.165) is 44.8 Å². The van der Waals surface area contributed by atoms with E-state index in [1.54, 1.807) is 18.2 Å². The highest BCUT2D eigenvalue weighted by molar-refractivity contribution is 5.96. The quantitative estimate of drug-likeness (QED) is 0.515. The third-order valence-corrected chi connectivity index (χ3v) is 5.18. The Bertz CT molecular complexity index is 942. The molecule has 2 aliphatic heterocycles. The molecule has 1 unspecified atom stereocenters. The van der Waals surface area contributed by atoms with Gasteiger partial charge in [-0.1, -0.05) is 55.2 Å². The fraction of sp³-hybridized carbons (Fsp3) is 0.346. The molecule has 0 saturated carbocycles. The largest absolute Gasteiger partial charge is 0.491 e. The summed E-state index contributed by atoms with van der Waals surface area (Å²) >= 11 is 0. The molecule has 7 heteroatoms. The monoisotopic (exact) mass is 452 g/mol. The van der Waals surface area contributed by atoms with Gasteiger partial charge in [0.1, 0.15) is 12.4 Å². The van der Waals surface area contributed by atoms with E-state index in [2.05, 4.69) is 11.5 Å². The lowest BCUT2D eigenvalue weighted by Gasteiger charge is -2.26. The summed E-state index contributed by atoms with van der Waals surface area (Å²) in [5.74, 6) is 0.823. The van der Waals surface area contributed by atoms with Crippen LogP contribution in [-0.4, -0.2) is 56.6 Å². The Kier molecular flexibility index (Phi) is 9.35. The average Bonchev–Trinajstić information content (AvgIpc) is 3.24. The molecule has 7 nitrogen and oxygen atoms in total. The van der Waals surface area contributed by atoms with Gasteiger partial charge in [0.2, 0.25) is 0 Å². The number of primary amides is 1. The van der Waals surface area contributed by atoms with Crippen LogP contribution in [0.3, 0.4) is 0 Å². The second kappa shape index (κ2) is 12.7. The number of fused-ring (bicyclic) bond motifs is 1. The molecule has 0 aromatic heterocycles. The zero-order valence-corrected chi connectivity index (χ0v) is 19.1. The van der Waals surface area contributed by atoms with Crippen LogP contribution in [-0.2, 0) is 4.74 Å². The summed E-state index contributed by atoms with van der Waals surface area (Å²) in [5, 5.41) is 0. The van der Waals surface area contributed by atoms with Gasteiger partial charge in [-0.25, -0.2) is 0 Å². The van der Waals surface area contributed by atoms with E-state index >= 15 is 0 Å². The van der Waals surface area contributed by atoms with E-state index in [1.165, 1.54) is 0 Å². The molecular formula is C26H32N2O5. The van der Waals surface area contributed by atoms with Crippen molar-refractivity contribution in [2.24, 2.45) is 5.73 Å². The lowest BCUT2D eigenvalue weighted by molar-refractivity contribution is 0.0322. The number of carbonyl (C=O) groups excluding carboxylic acids is 1. The summed E-state index contributed by atoms with van der Waals surface area (Å²) in [7, 11) is 0. The highest BCUT2D eigenvalue weighted by Gasteiger charge is 2.28. The summed E-state index contributed by atoms with van der Waals surface area (Å²) in [5.41, 5.74) is 6.73. The minimum atomic E-state index is -0.575. The molecule has 1 fully saturated rings. The van der Waals surface area contributed by atoms with Crippen molar-refractivity contribution in [1.29, 1.82) is 0 Å². The Balaban J connectivity index is 1.59. The Morgan fingerprint density at radius 2 is 1.88 bits per heavy atom. The first kappa shape index (κ1) is 24.4. The number of nitrogens with zero attached hydrogens (tertiary/aromatic N) is 1. The number of morpholine rings is 1. The molecule has 2 heterocycles. The van der Waals surface area contributed by atoms with Crippen LogP contribution in [0.2, 0.25) is 0 Å².